The van der Waals surface area contributed by atoms with Gasteiger partial charge in [-0.2, -0.15) is 0 Å². The Balaban J connectivity index is 1.54. The number of likely N-dealkylation sites (N-methyl/N-ethyl adjacent to an activating group) is 1. The molecule has 1 unspecified atom stereocenters. The van der Waals surface area contributed by atoms with Gasteiger partial charge in [-0.1, -0.05) is 0 Å². The van der Waals surface area contributed by atoms with Crippen molar-refractivity contribution in [2.75, 3.05) is 25.0 Å². The molecule has 1 aliphatic heterocycles. The number of hydrogen-bond donors (Lipinski definition) is 1. The van der Waals surface area contributed by atoms with Crippen molar-refractivity contribution in [1.82, 2.24) is 10.2 Å². The first-order chi connectivity index (χ1) is 13.0. The Labute approximate surface area is 157 Å². The highest BCUT2D eigenvalue weighted by Crippen LogP contribution is 2.22. The summed E-state index contributed by atoms with van der Waals surface area (Å²) >= 11 is 0. The van der Waals surface area contributed by atoms with Crippen LogP contribution in [0.4, 0.5) is 5.69 Å². The molecule has 0 bridgehead atoms. The van der Waals surface area contributed by atoms with Gasteiger partial charge in [-0.3, -0.25) is 14.4 Å². The van der Waals surface area contributed by atoms with E-state index >= 15 is 0 Å². The van der Waals surface area contributed by atoms with Crippen LogP contribution in [0, 0.1) is 0 Å². The van der Waals surface area contributed by atoms with Crippen molar-refractivity contribution in [3.05, 3.63) is 54.0 Å². The lowest BCUT2D eigenvalue weighted by Gasteiger charge is -2.23. The molecule has 0 aliphatic carbocycles. The minimum absolute atomic E-state index is 0.103. The first-order valence-electron chi connectivity index (χ1n) is 8.95. The van der Waals surface area contributed by atoms with E-state index in [1.54, 1.807) is 54.6 Å². The summed E-state index contributed by atoms with van der Waals surface area (Å²) in [5.74, 6) is 0.240. The zero-order valence-electron chi connectivity index (χ0n) is 15.5. The quantitative estimate of drug-likeness (QED) is 0.847. The predicted molar refractivity (Wildman–Crippen MR) is 100 cm³/mol. The van der Waals surface area contributed by atoms with E-state index in [-0.39, 0.29) is 30.3 Å². The van der Waals surface area contributed by atoms with E-state index in [1.807, 2.05) is 6.92 Å². The largest absolute Gasteiger partial charge is 0.467 e. The molecular weight excluding hydrogens is 346 g/mol. The third-order valence-electron chi connectivity index (χ3n) is 4.84. The van der Waals surface area contributed by atoms with E-state index in [0.29, 0.717) is 24.3 Å². The molecule has 1 aromatic heterocycles. The Hall–Kier alpha value is -3.09. The van der Waals surface area contributed by atoms with Gasteiger partial charge in [0.05, 0.1) is 18.8 Å². The summed E-state index contributed by atoms with van der Waals surface area (Å²) in [5.41, 5.74) is 1.23. The maximum Gasteiger partial charge on any atom is 0.251 e. The van der Waals surface area contributed by atoms with E-state index in [0.717, 1.165) is 12.1 Å². The molecule has 0 spiro atoms. The fourth-order valence-electron chi connectivity index (χ4n) is 3.03. The summed E-state index contributed by atoms with van der Waals surface area (Å²) in [6, 6.07) is 10.2. The Kier molecular flexibility index (Phi) is 5.59. The molecule has 3 rings (SSSR count). The molecule has 2 heterocycles. The molecule has 3 amide bonds. The van der Waals surface area contributed by atoms with Crippen LogP contribution in [0.2, 0.25) is 0 Å². The number of benzene rings is 1. The number of amides is 3. The van der Waals surface area contributed by atoms with Crippen LogP contribution in [0.1, 0.15) is 41.9 Å². The van der Waals surface area contributed by atoms with Crippen molar-refractivity contribution in [2.45, 2.75) is 25.8 Å². The van der Waals surface area contributed by atoms with E-state index < -0.39 is 0 Å². The van der Waals surface area contributed by atoms with Crippen LogP contribution < -0.4 is 10.2 Å². The van der Waals surface area contributed by atoms with Gasteiger partial charge in [-0.15, -0.1) is 0 Å². The van der Waals surface area contributed by atoms with Gasteiger partial charge >= 0.3 is 0 Å². The van der Waals surface area contributed by atoms with Crippen LogP contribution >= 0.6 is 0 Å². The molecule has 142 valence electrons. The monoisotopic (exact) mass is 369 g/mol. The SMILES string of the molecule is CC(c1ccco1)N(C)C(=O)CNC(=O)c1ccc(N2CCCC2=O)cc1. The smallest absolute Gasteiger partial charge is 0.251 e. The van der Waals surface area contributed by atoms with Gasteiger partial charge in [0.25, 0.3) is 5.91 Å². The molecule has 2 aromatic rings. The van der Waals surface area contributed by atoms with Gasteiger partial charge in [0.2, 0.25) is 11.8 Å². The fraction of sp³-hybridized carbons (Fsp3) is 0.350. The summed E-state index contributed by atoms with van der Waals surface area (Å²) in [4.78, 5) is 39.6. The van der Waals surface area contributed by atoms with Crippen LogP contribution in [0.3, 0.4) is 0 Å². The van der Waals surface area contributed by atoms with Crippen molar-refractivity contribution in [2.24, 2.45) is 0 Å². The third kappa shape index (κ3) is 4.19. The minimum Gasteiger partial charge on any atom is -0.467 e. The molecule has 7 heteroatoms. The number of carbonyl (C=O) groups is 3. The molecule has 1 saturated heterocycles. The van der Waals surface area contributed by atoms with E-state index in [2.05, 4.69) is 5.32 Å². The summed E-state index contributed by atoms with van der Waals surface area (Å²) in [7, 11) is 1.67. The van der Waals surface area contributed by atoms with Gasteiger partial charge in [-0.25, -0.2) is 0 Å². The standard InChI is InChI=1S/C20H23N3O4/c1-14(17-5-4-12-27-17)22(2)19(25)13-21-20(26)15-7-9-16(10-8-15)23-11-3-6-18(23)24/h4-5,7-10,12,14H,3,6,11,13H2,1-2H3,(H,21,26). The molecule has 27 heavy (non-hydrogen) atoms. The predicted octanol–water partition coefficient (Wildman–Crippen LogP) is 2.36. The van der Waals surface area contributed by atoms with E-state index in [1.165, 1.54) is 4.90 Å². The van der Waals surface area contributed by atoms with E-state index in [9.17, 15) is 14.4 Å². The number of rotatable bonds is 6. The van der Waals surface area contributed by atoms with Crippen molar-refractivity contribution < 1.29 is 18.8 Å². The zero-order chi connectivity index (χ0) is 19.4. The second-order valence-corrected chi connectivity index (χ2v) is 6.57. The Morgan fingerprint density at radius 3 is 2.59 bits per heavy atom. The lowest BCUT2D eigenvalue weighted by molar-refractivity contribution is -0.131. The van der Waals surface area contributed by atoms with Crippen molar-refractivity contribution in [3.8, 4) is 0 Å². The Morgan fingerprint density at radius 1 is 1.26 bits per heavy atom. The van der Waals surface area contributed by atoms with Crippen molar-refractivity contribution in [3.63, 3.8) is 0 Å². The number of furan rings is 1. The fourth-order valence-corrected chi connectivity index (χ4v) is 3.03. The molecule has 1 fully saturated rings. The van der Waals surface area contributed by atoms with Gasteiger partial charge < -0.3 is 19.5 Å². The number of nitrogens with one attached hydrogen (secondary N) is 1. The Morgan fingerprint density at radius 2 is 2.00 bits per heavy atom. The normalized spacial score (nSPS) is 14.9. The highest BCUT2D eigenvalue weighted by atomic mass is 16.3. The Bertz CT molecular complexity index is 814. The average molecular weight is 369 g/mol. The molecular formula is C20H23N3O4. The molecule has 1 N–H and O–H groups in total. The number of carbonyl (C=O) groups excluding carboxylic acids is 3. The lowest BCUT2D eigenvalue weighted by Crippen LogP contribution is -2.39. The van der Waals surface area contributed by atoms with Gasteiger partial charge in [0.15, 0.2) is 0 Å². The molecule has 7 nitrogen and oxygen atoms in total. The van der Waals surface area contributed by atoms with Crippen LogP contribution in [0.15, 0.2) is 47.1 Å². The maximum atomic E-state index is 12.3. The molecule has 1 aromatic carbocycles. The van der Waals surface area contributed by atoms with Crippen LogP contribution in [-0.2, 0) is 9.59 Å². The first-order valence-corrected chi connectivity index (χ1v) is 8.95. The second-order valence-electron chi connectivity index (χ2n) is 6.57. The third-order valence-corrected chi connectivity index (χ3v) is 4.84. The van der Waals surface area contributed by atoms with Gasteiger partial charge in [0.1, 0.15) is 5.76 Å². The van der Waals surface area contributed by atoms with E-state index in [4.69, 9.17) is 4.42 Å². The van der Waals surface area contributed by atoms with Crippen LogP contribution in [-0.4, -0.2) is 42.8 Å². The highest BCUT2D eigenvalue weighted by Gasteiger charge is 2.22. The topological polar surface area (TPSA) is 82.9 Å². The summed E-state index contributed by atoms with van der Waals surface area (Å²) in [6.45, 7) is 2.46. The zero-order valence-corrected chi connectivity index (χ0v) is 15.5. The highest BCUT2D eigenvalue weighted by molar-refractivity contribution is 5.98. The van der Waals surface area contributed by atoms with Crippen molar-refractivity contribution in [1.29, 1.82) is 0 Å². The molecule has 0 radical (unpaired) electrons. The first kappa shape index (κ1) is 18.7. The summed E-state index contributed by atoms with van der Waals surface area (Å²) in [5, 5.41) is 2.64. The average Bonchev–Trinajstić information content (AvgIpc) is 3.36. The molecule has 1 atom stereocenters. The number of anilines is 1. The lowest BCUT2D eigenvalue weighted by atomic mass is 10.2. The number of hydrogen-bond acceptors (Lipinski definition) is 4. The van der Waals surface area contributed by atoms with Crippen molar-refractivity contribution >= 4 is 23.4 Å². The summed E-state index contributed by atoms with van der Waals surface area (Å²) in [6.07, 6.45) is 2.98. The minimum atomic E-state index is -0.332. The van der Waals surface area contributed by atoms with Gasteiger partial charge in [0, 0.05) is 31.3 Å². The maximum absolute atomic E-state index is 12.3. The molecule has 1 aliphatic rings. The second kappa shape index (κ2) is 8.07. The van der Waals surface area contributed by atoms with Crippen LogP contribution in [0.5, 0.6) is 0 Å². The number of nitrogens with zero attached hydrogens (tertiary/aromatic N) is 2. The summed E-state index contributed by atoms with van der Waals surface area (Å²) < 4.78 is 5.31. The molecule has 0 saturated carbocycles. The van der Waals surface area contributed by atoms with Crippen LogP contribution in [0.25, 0.3) is 0 Å². The van der Waals surface area contributed by atoms with Gasteiger partial charge in [-0.05, 0) is 49.7 Å².